The maximum Gasteiger partial charge on any atom is 0.106 e. The Hall–Kier alpha value is -0.940. The minimum Gasteiger partial charge on any atom is -0.399 e. The molecule has 74 valence electrons. The summed E-state index contributed by atoms with van der Waals surface area (Å²) in [6.07, 6.45) is 3.51. The van der Waals surface area contributed by atoms with Crippen LogP contribution in [0.2, 0.25) is 0 Å². The quantitative estimate of drug-likeness (QED) is 0.333. The van der Waals surface area contributed by atoms with Crippen molar-refractivity contribution in [3.05, 3.63) is 24.5 Å². The standard InChI is InChI=1S/C9H10N2OS2/c1-12-11-8(6-13)7-14-9-2-4-10-5-3-9/h2-6H,7H2,1H3/b11-8-. The summed E-state index contributed by atoms with van der Waals surface area (Å²) in [4.78, 5) is 9.72. The Morgan fingerprint density at radius 1 is 1.64 bits per heavy atom. The summed E-state index contributed by atoms with van der Waals surface area (Å²) < 4.78 is 0. The van der Waals surface area contributed by atoms with Crippen molar-refractivity contribution in [1.82, 2.24) is 4.98 Å². The van der Waals surface area contributed by atoms with E-state index in [0.717, 1.165) is 10.6 Å². The highest BCUT2D eigenvalue weighted by Gasteiger charge is 1.98. The molecule has 1 heterocycles. The average Bonchev–Trinajstić information content (AvgIpc) is 2.25. The second-order valence-corrected chi connectivity index (χ2v) is 3.64. The fraction of sp³-hybridized carbons (Fsp3) is 0.222. The summed E-state index contributed by atoms with van der Waals surface area (Å²) >= 11 is 6.44. The molecule has 0 unspecified atom stereocenters. The molecule has 0 amide bonds. The van der Waals surface area contributed by atoms with E-state index in [9.17, 15) is 0 Å². The second-order valence-electron chi connectivity index (χ2n) is 2.35. The van der Waals surface area contributed by atoms with Gasteiger partial charge in [-0.05, 0) is 12.1 Å². The zero-order chi connectivity index (χ0) is 10.2. The Morgan fingerprint density at radius 3 is 2.93 bits per heavy atom. The van der Waals surface area contributed by atoms with E-state index in [2.05, 4.69) is 15.0 Å². The molecule has 1 aromatic heterocycles. The highest BCUT2D eigenvalue weighted by atomic mass is 32.2. The molecule has 0 fully saturated rings. The van der Waals surface area contributed by atoms with Crippen LogP contribution in [0.4, 0.5) is 0 Å². The topological polar surface area (TPSA) is 34.5 Å². The first-order valence-corrected chi connectivity index (χ1v) is 5.40. The molecule has 0 radical (unpaired) electrons. The van der Waals surface area contributed by atoms with Gasteiger partial charge in [-0.15, -0.1) is 11.8 Å². The van der Waals surface area contributed by atoms with Crippen molar-refractivity contribution in [2.24, 2.45) is 5.16 Å². The molecule has 0 aromatic carbocycles. The van der Waals surface area contributed by atoms with Crippen molar-refractivity contribution in [3.63, 3.8) is 0 Å². The van der Waals surface area contributed by atoms with Gasteiger partial charge in [0.15, 0.2) is 0 Å². The Labute approximate surface area is 92.6 Å². The Kier molecular flexibility index (Phi) is 5.17. The molecule has 1 aromatic rings. The predicted octanol–water partition coefficient (Wildman–Crippen LogP) is 2.18. The van der Waals surface area contributed by atoms with Gasteiger partial charge in [0.25, 0.3) is 0 Å². The fourth-order valence-corrected chi connectivity index (χ4v) is 1.79. The number of rotatable bonds is 5. The molecule has 14 heavy (non-hydrogen) atoms. The van der Waals surface area contributed by atoms with Crippen LogP contribution < -0.4 is 0 Å². The summed E-state index contributed by atoms with van der Waals surface area (Å²) in [6.45, 7) is 0. The highest BCUT2D eigenvalue weighted by molar-refractivity contribution is 8.00. The molecule has 0 atom stereocenters. The molecule has 0 saturated carbocycles. The molecule has 0 aliphatic rings. The van der Waals surface area contributed by atoms with Crippen LogP contribution in [0.5, 0.6) is 0 Å². The van der Waals surface area contributed by atoms with E-state index >= 15 is 0 Å². The van der Waals surface area contributed by atoms with Crippen LogP contribution in [0.1, 0.15) is 0 Å². The minimum absolute atomic E-state index is 0.710. The van der Waals surface area contributed by atoms with E-state index in [0.29, 0.717) is 5.75 Å². The van der Waals surface area contributed by atoms with Gasteiger partial charge in [-0.25, -0.2) is 0 Å². The van der Waals surface area contributed by atoms with Gasteiger partial charge >= 0.3 is 0 Å². The van der Waals surface area contributed by atoms with Crippen LogP contribution in [-0.4, -0.2) is 28.9 Å². The summed E-state index contributed by atoms with van der Waals surface area (Å²) in [5.41, 5.74) is 0.754. The number of aromatic nitrogens is 1. The normalized spacial score (nSPS) is 11.1. The molecule has 5 heteroatoms. The van der Waals surface area contributed by atoms with Crippen LogP contribution in [0.3, 0.4) is 0 Å². The van der Waals surface area contributed by atoms with Crippen LogP contribution in [0.15, 0.2) is 34.6 Å². The maximum atomic E-state index is 4.79. The van der Waals surface area contributed by atoms with Gasteiger partial charge in [0.05, 0.1) is 0 Å². The lowest BCUT2D eigenvalue weighted by Gasteiger charge is -1.99. The summed E-state index contributed by atoms with van der Waals surface area (Å²) in [5, 5.41) is 5.30. The SMILES string of the molecule is CO/N=C(/C=S)CSc1ccncc1. The molecular formula is C9H10N2OS2. The zero-order valence-electron chi connectivity index (χ0n) is 7.71. The number of hydrogen-bond donors (Lipinski definition) is 0. The highest BCUT2D eigenvalue weighted by Crippen LogP contribution is 2.15. The maximum absolute atomic E-state index is 4.79. The lowest BCUT2D eigenvalue weighted by molar-refractivity contribution is 0.214. The summed E-state index contributed by atoms with van der Waals surface area (Å²) in [5.74, 6) is 0.710. The van der Waals surface area contributed by atoms with Gasteiger partial charge in [-0.1, -0.05) is 17.4 Å². The average molecular weight is 226 g/mol. The molecule has 0 saturated heterocycles. The van der Waals surface area contributed by atoms with E-state index in [1.807, 2.05) is 12.1 Å². The Morgan fingerprint density at radius 2 is 2.36 bits per heavy atom. The first-order valence-electron chi connectivity index (χ1n) is 3.95. The monoisotopic (exact) mass is 226 g/mol. The smallest absolute Gasteiger partial charge is 0.106 e. The van der Waals surface area contributed by atoms with Crippen molar-refractivity contribution in [2.45, 2.75) is 4.90 Å². The third-order valence-corrected chi connectivity index (χ3v) is 2.70. The zero-order valence-corrected chi connectivity index (χ0v) is 9.35. The van der Waals surface area contributed by atoms with E-state index in [-0.39, 0.29) is 0 Å². The van der Waals surface area contributed by atoms with E-state index in [1.165, 1.54) is 12.5 Å². The van der Waals surface area contributed by atoms with Gasteiger partial charge < -0.3 is 4.84 Å². The van der Waals surface area contributed by atoms with Crippen molar-refractivity contribution in [2.75, 3.05) is 12.9 Å². The van der Waals surface area contributed by atoms with E-state index < -0.39 is 0 Å². The van der Waals surface area contributed by atoms with E-state index in [1.54, 1.807) is 24.2 Å². The van der Waals surface area contributed by atoms with Crippen molar-refractivity contribution in [1.29, 1.82) is 0 Å². The van der Waals surface area contributed by atoms with Gasteiger partial charge in [0.2, 0.25) is 0 Å². The Balaban J connectivity index is 2.48. The molecule has 0 spiro atoms. The largest absolute Gasteiger partial charge is 0.399 e. The first kappa shape index (κ1) is 11.1. The molecule has 1 rings (SSSR count). The third kappa shape index (κ3) is 3.85. The molecular weight excluding hydrogens is 216 g/mol. The second kappa shape index (κ2) is 6.50. The Bertz CT molecular complexity index is 314. The number of thioether (sulfide) groups is 1. The van der Waals surface area contributed by atoms with Gasteiger partial charge in [0, 0.05) is 28.4 Å². The van der Waals surface area contributed by atoms with Crippen LogP contribution in [0.25, 0.3) is 0 Å². The third-order valence-electron chi connectivity index (χ3n) is 1.38. The van der Waals surface area contributed by atoms with Crippen LogP contribution in [-0.2, 0) is 4.84 Å². The van der Waals surface area contributed by atoms with Gasteiger partial charge in [0.1, 0.15) is 12.8 Å². The molecule has 0 N–H and O–H groups in total. The van der Waals surface area contributed by atoms with Crippen molar-refractivity contribution < 1.29 is 4.84 Å². The van der Waals surface area contributed by atoms with Gasteiger partial charge in [-0.2, -0.15) is 0 Å². The molecule has 3 nitrogen and oxygen atoms in total. The number of pyridine rings is 1. The van der Waals surface area contributed by atoms with Crippen molar-refractivity contribution >= 4 is 35.1 Å². The molecule has 0 bridgehead atoms. The number of hydrogen-bond acceptors (Lipinski definition) is 5. The van der Waals surface area contributed by atoms with Crippen LogP contribution >= 0.6 is 24.0 Å². The predicted molar refractivity (Wildman–Crippen MR) is 63.1 cm³/mol. The number of thiocarbonyl (C=S) groups is 1. The van der Waals surface area contributed by atoms with E-state index in [4.69, 9.17) is 12.2 Å². The van der Waals surface area contributed by atoms with Crippen LogP contribution in [0, 0.1) is 0 Å². The number of oxime groups is 1. The van der Waals surface area contributed by atoms with Crippen molar-refractivity contribution in [3.8, 4) is 0 Å². The number of nitrogens with zero attached hydrogens (tertiary/aromatic N) is 2. The molecule has 0 aliphatic carbocycles. The summed E-state index contributed by atoms with van der Waals surface area (Å²) in [6, 6.07) is 3.89. The lowest BCUT2D eigenvalue weighted by Crippen LogP contribution is -2.02. The first-order chi connectivity index (χ1) is 6.86. The minimum atomic E-state index is 0.710. The molecule has 0 aliphatic heterocycles. The van der Waals surface area contributed by atoms with Gasteiger partial charge in [-0.3, -0.25) is 4.98 Å². The fourth-order valence-electron chi connectivity index (χ4n) is 0.791. The summed E-state index contributed by atoms with van der Waals surface area (Å²) in [7, 11) is 1.51. The lowest BCUT2D eigenvalue weighted by atomic mass is 10.5.